The van der Waals surface area contributed by atoms with E-state index in [1.165, 1.54) is 7.11 Å². The Morgan fingerprint density at radius 2 is 2.12 bits per heavy atom. The lowest BCUT2D eigenvalue weighted by Gasteiger charge is -2.37. The standard InChI is InChI=1S/C9H17NO5S/c1-15-6-3-7-16(13,14)10-9(8(11)12)4-2-5-9/h10H,2-7H2,1H3,(H,11,12). The zero-order valence-electron chi connectivity index (χ0n) is 9.23. The summed E-state index contributed by atoms with van der Waals surface area (Å²) < 4.78 is 30.2. The molecule has 1 aliphatic rings. The van der Waals surface area contributed by atoms with Crippen LogP contribution in [0.25, 0.3) is 0 Å². The third-order valence-corrected chi connectivity index (χ3v) is 4.26. The minimum Gasteiger partial charge on any atom is -0.480 e. The zero-order chi connectivity index (χ0) is 12.2. The van der Waals surface area contributed by atoms with Crippen LogP contribution in [0.1, 0.15) is 25.7 Å². The van der Waals surface area contributed by atoms with Gasteiger partial charge in [-0.3, -0.25) is 4.79 Å². The zero-order valence-corrected chi connectivity index (χ0v) is 10.0. The average Bonchev–Trinajstić information content (AvgIpc) is 2.11. The molecule has 0 atom stereocenters. The Labute approximate surface area is 95.0 Å². The number of rotatable bonds is 7. The molecule has 1 aliphatic carbocycles. The van der Waals surface area contributed by atoms with Gasteiger partial charge in [0, 0.05) is 13.7 Å². The molecule has 0 aromatic heterocycles. The van der Waals surface area contributed by atoms with Crippen LogP contribution in [0.5, 0.6) is 0 Å². The number of methoxy groups -OCH3 is 1. The van der Waals surface area contributed by atoms with Crippen LogP contribution in [0.2, 0.25) is 0 Å². The Hall–Kier alpha value is -0.660. The molecular weight excluding hydrogens is 234 g/mol. The maximum Gasteiger partial charge on any atom is 0.324 e. The molecule has 0 aromatic carbocycles. The molecule has 2 N–H and O–H groups in total. The molecule has 1 rings (SSSR count). The van der Waals surface area contributed by atoms with Gasteiger partial charge in [-0.25, -0.2) is 8.42 Å². The first-order valence-electron chi connectivity index (χ1n) is 5.16. The molecule has 6 nitrogen and oxygen atoms in total. The van der Waals surface area contributed by atoms with Crippen LogP contribution < -0.4 is 4.72 Å². The summed E-state index contributed by atoms with van der Waals surface area (Å²) in [7, 11) is -2.04. The van der Waals surface area contributed by atoms with Crippen molar-refractivity contribution >= 4 is 16.0 Å². The molecule has 0 bridgehead atoms. The van der Waals surface area contributed by atoms with Gasteiger partial charge in [-0.15, -0.1) is 0 Å². The Morgan fingerprint density at radius 1 is 1.50 bits per heavy atom. The van der Waals surface area contributed by atoms with E-state index in [0.717, 1.165) is 6.42 Å². The molecule has 1 fully saturated rings. The van der Waals surface area contributed by atoms with Crippen molar-refractivity contribution in [3.8, 4) is 0 Å². The highest BCUT2D eigenvalue weighted by atomic mass is 32.2. The number of sulfonamides is 1. The van der Waals surface area contributed by atoms with E-state index in [1.807, 2.05) is 0 Å². The first kappa shape index (κ1) is 13.4. The monoisotopic (exact) mass is 251 g/mol. The third-order valence-electron chi connectivity index (χ3n) is 2.73. The van der Waals surface area contributed by atoms with Crippen LogP contribution in [0, 0.1) is 0 Å². The van der Waals surface area contributed by atoms with Gasteiger partial charge >= 0.3 is 5.97 Å². The number of aliphatic carboxylic acids is 1. The summed E-state index contributed by atoms with van der Waals surface area (Å²) in [5, 5.41) is 8.97. The molecule has 16 heavy (non-hydrogen) atoms. The highest BCUT2D eigenvalue weighted by molar-refractivity contribution is 7.89. The average molecular weight is 251 g/mol. The lowest BCUT2D eigenvalue weighted by atomic mass is 9.78. The van der Waals surface area contributed by atoms with E-state index in [-0.39, 0.29) is 5.75 Å². The molecule has 1 saturated carbocycles. The SMILES string of the molecule is COCCCS(=O)(=O)NC1(C(=O)O)CCC1. The lowest BCUT2D eigenvalue weighted by molar-refractivity contribution is -0.147. The number of ether oxygens (including phenoxy) is 1. The lowest BCUT2D eigenvalue weighted by Crippen LogP contribution is -2.59. The molecule has 0 saturated heterocycles. The molecular formula is C9H17NO5S. The van der Waals surface area contributed by atoms with Crippen LogP contribution in [0.3, 0.4) is 0 Å². The van der Waals surface area contributed by atoms with Gasteiger partial charge in [0.1, 0.15) is 5.54 Å². The van der Waals surface area contributed by atoms with Crippen molar-refractivity contribution in [2.24, 2.45) is 0 Å². The van der Waals surface area contributed by atoms with Crippen LogP contribution in [-0.4, -0.2) is 44.5 Å². The van der Waals surface area contributed by atoms with Gasteiger partial charge in [0.15, 0.2) is 0 Å². The van der Waals surface area contributed by atoms with Crippen molar-refractivity contribution in [3.63, 3.8) is 0 Å². The quantitative estimate of drug-likeness (QED) is 0.619. The van der Waals surface area contributed by atoms with E-state index in [9.17, 15) is 13.2 Å². The summed E-state index contributed by atoms with van der Waals surface area (Å²) in [6, 6.07) is 0. The Morgan fingerprint density at radius 3 is 2.50 bits per heavy atom. The highest BCUT2D eigenvalue weighted by Gasteiger charge is 2.47. The van der Waals surface area contributed by atoms with Gasteiger partial charge in [0.2, 0.25) is 10.0 Å². The van der Waals surface area contributed by atoms with Crippen LogP contribution >= 0.6 is 0 Å². The van der Waals surface area contributed by atoms with Gasteiger partial charge in [-0.05, 0) is 25.7 Å². The first-order valence-corrected chi connectivity index (χ1v) is 6.81. The maximum atomic E-state index is 11.6. The molecule has 0 aliphatic heterocycles. The predicted molar refractivity (Wildman–Crippen MR) is 57.6 cm³/mol. The summed E-state index contributed by atoms with van der Waals surface area (Å²) in [5.74, 6) is -1.19. The Kier molecular flexibility index (Phi) is 4.28. The summed E-state index contributed by atoms with van der Waals surface area (Å²) in [6.07, 6.45) is 1.84. The summed E-state index contributed by atoms with van der Waals surface area (Å²) in [5.41, 5.74) is -1.26. The largest absolute Gasteiger partial charge is 0.480 e. The number of hydrogen-bond donors (Lipinski definition) is 2. The fourth-order valence-electron chi connectivity index (χ4n) is 1.63. The molecule has 0 amide bonds. The molecule has 0 spiro atoms. The van der Waals surface area contributed by atoms with Gasteiger partial charge in [-0.2, -0.15) is 4.72 Å². The molecule has 0 unspecified atom stereocenters. The fourth-order valence-corrected chi connectivity index (χ4v) is 3.12. The maximum absolute atomic E-state index is 11.6. The molecule has 7 heteroatoms. The van der Waals surface area contributed by atoms with Gasteiger partial charge in [-0.1, -0.05) is 0 Å². The van der Waals surface area contributed by atoms with Gasteiger partial charge in [0.05, 0.1) is 5.75 Å². The number of hydrogen-bond acceptors (Lipinski definition) is 4. The Bertz CT molecular complexity index is 347. The fraction of sp³-hybridized carbons (Fsp3) is 0.889. The minimum absolute atomic E-state index is 0.101. The highest BCUT2D eigenvalue weighted by Crippen LogP contribution is 2.32. The third kappa shape index (κ3) is 3.16. The minimum atomic E-state index is -3.53. The number of carboxylic acid groups (broad SMARTS) is 1. The molecule has 0 heterocycles. The van der Waals surface area contributed by atoms with E-state index < -0.39 is 21.5 Å². The topological polar surface area (TPSA) is 92.7 Å². The molecule has 0 radical (unpaired) electrons. The van der Waals surface area contributed by atoms with Crippen molar-refractivity contribution < 1.29 is 23.1 Å². The van der Waals surface area contributed by atoms with Crippen molar-refractivity contribution in [1.29, 1.82) is 0 Å². The second-order valence-corrected chi connectivity index (χ2v) is 5.85. The number of carbonyl (C=O) groups is 1. The van der Waals surface area contributed by atoms with E-state index in [0.29, 0.717) is 25.9 Å². The number of nitrogens with one attached hydrogen (secondary N) is 1. The van der Waals surface area contributed by atoms with E-state index in [4.69, 9.17) is 9.84 Å². The molecule has 94 valence electrons. The van der Waals surface area contributed by atoms with Crippen LogP contribution in [-0.2, 0) is 19.6 Å². The van der Waals surface area contributed by atoms with E-state index in [2.05, 4.69) is 4.72 Å². The van der Waals surface area contributed by atoms with Crippen molar-refractivity contribution in [3.05, 3.63) is 0 Å². The van der Waals surface area contributed by atoms with Crippen LogP contribution in [0.4, 0.5) is 0 Å². The molecule has 0 aromatic rings. The van der Waals surface area contributed by atoms with Gasteiger partial charge in [0.25, 0.3) is 0 Å². The van der Waals surface area contributed by atoms with Gasteiger partial charge < -0.3 is 9.84 Å². The summed E-state index contributed by atoms with van der Waals surface area (Å²) in [4.78, 5) is 11.0. The first-order chi connectivity index (χ1) is 7.42. The van der Waals surface area contributed by atoms with Crippen molar-refractivity contribution in [2.75, 3.05) is 19.5 Å². The summed E-state index contributed by atoms with van der Waals surface area (Å²) in [6.45, 7) is 0.348. The number of carboxylic acids is 1. The normalized spacial score (nSPS) is 19.1. The van der Waals surface area contributed by atoms with E-state index in [1.54, 1.807) is 0 Å². The summed E-state index contributed by atoms with van der Waals surface area (Å²) >= 11 is 0. The smallest absolute Gasteiger partial charge is 0.324 e. The van der Waals surface area contributed by atoms with E-state index >= 15 is 0 Å². The second kappa shape index (κ2) is 5.11. The van der Waals surface area contributed by atoms with Crippen molar-refractivity contribution in [2.45, 2.75) is 31.2 Å². The van der Waals surface area contributed by atoms with Crippen molar-refractivity contribution in [1.82, 2.24) is 4.72 Å². The Balaban J connectivity index is 2.54. The second-order valence-electron chi connectivity index (χ2n) is 4.01. The van der Waals surface area contributed by atoms with Crippen LogP contribution in [0.15, 0.2) is 0 Å². The predicted octanol–water partition coefficient (Wildman–Crippen LogP) is -0.0504.